The van der Waals surface area contributed by atoms with E-state index in [-0.39, 0.29) is 0 Å². The summed E-state index contributed by atoms with van der Waals surface area (Å²) >= 11 is 1.24. The van der Waals surface area contributed by atoms with Gasteiger partial charge in [0.25, 0.3) is 5.91 Å². The number of aromatic nitrogens is 1. The number of nitrogens with two attached hydrogens (primary N) is 2. The number of nitrogens with zero attached hydrogens (tertiary/aromatic N) is 1. The second-order valence-corrected chi connectivity index (χ2v) is 7.18. The monoisotopic (exact) mass is 359 g/mol. The summed E-state index contributed by atoms with van der Waals surface area (Å²) in [6, 6.07) is 20.2. The first kappa shape index (κ1) is 16.3. The van der Waals surface area contributed by atoms with Crippen LogP contribution in [0.3, 0.4) is 0 Å². The van der Waals surface area contributed by atoms with Crippen LogP contribution < -0.4 is 11.5 Å². The zero-order valence-electron chi connectivity index (χ0n) is 14.2. The number of pyridine rings is 1. The number of benzene rings is 2. The van der Waals surface area contributed by atoms with Gasteiger partial charge in [-0.15, -0.1) is 11.3 Å². The first-order valence-electron chi connectivity index (χ1n) is 8.20. The number of amides is 1. The molecule has 0 saturated carbocycles. The molecule has 4 rings (SSSR count). The van der Waals surface area contributed by atoms with Crippen molar-refractivity contribution in [2.24, 2.45) is 5.73 Å². The summed E-state index contributed by atoms with van der Waals surface area (Å²) in [6.45, 7) is 2.05. The standard InChI is InChI=1S/C21H17N3OS/c1-12-6-5-9-14(10-12)16-11-15(13-7-3-2-4-8-13)17-18(22)19(20(23)25)26-21(17)24-16/h2-11H,22H2,1H3,(H2,23,25). The van der Waals surface area contributed by atoms with Gasteiger partial charge in [0.15, 0.2) is 0 Å². The first-order chi connectivity index (χ1) is 12.5. The quantitative estimate of drug-likeness (QED) is 0.560. The second kappa shape index (κ2) is 6.28. The van der Waals surface area contributed by atoms with E-state index in [4.69, 9.17) is 16.5 Å². The Labute approximate surface area is 155 Å². The number of nitrogen functional groups attached to an aromatic ring is 1. The van der Waals surface area contributed by atoms with E-state index in [0.29, 0.717) is 15.4 Å². The third-order valence-corrected chi connectivity index (χ3v) is 5.44. The molecule has 4 aromatic rings. The molecule has 1 amide bonds. The molecule has 0 fully saturated rings. The Morgan fingerprint density at radius 2 is 1.73 bits per heavy atom. The number of thiophene rings is 1. The SMILES string of the molecule is Cc1cccc(-c2cc(-c3ccccc3)c3c(N)c(C(N)=O)sc3n2)c1. The molecule has 0 spiro atoms. The minimum Gasteiger partial charge on any atom is -0.397 e. The van der Waals surface area contributed by atoms with Crippen molar-refractivity contribution in [3.63, 3.8) is 0 Å². The van der Waals surface area contributed by atoms with E-state index in [2.05, 4.69) is 19.1 Å². The van der Waals surface area contributed by atoms with Crippen molar-refractivity contribution in [3.8, 4) is 22.4 Å². The summed E-state index contributed by atoms with van der Waals surface area (Å²) in [4.78, 5) is 17.6. The summed E-state index contributed by atoms with van der Waals surface area (Å²) in [5.74, 6) is -0.526. The molecule has 0 atom stereocenters. The molecule has 128 valence electrons. The maximum atomic E-state index is 11.8. The maximum absolute atomic E-state index is 11.8. The van der Waals surface area contributed by atoms with Crippen molar-refractivity contribution in [3.05, 3.63) is 71.1 Å². The van der Waals surface area contributed by atoms with Gasteiger partial charge >= 0.3 is 0 Å². The minimum atomic E-state index is -0.526. The normalized spacial score (nSPS) is 11.0. The summed E-state index contributed by atoms with van der Waals surface area (Å²) in [7, 11) is 0. The number of carbonyl (C=O) groups excluding carboxylic acids is 1. The Balaban J connectivity index is 2.07. The predicted molar refractivity (Wildman–Crippen MR) is 108 cm³/mol. The number of aryl methyl sites for hydroxylation is 1. The Bertz CT molecular complexity index is 1130. The summed E-state index contributed by atoms with van der Waals surface area (Å²) < 4.78 is 0. The number of anilines is 1. The third-order valence-electron chi connectivity index (χ3n) is 4.32. The van der Waals surface area contributed by atoms with Crippen LogP contribution in [0.1, 0.15) is 15.2 Å². The van der Waals surface area contributed by atoms with Gasteiger partial charge in [0.05, 0.1) is 11.4 Å². The highest BCUT2D eigenvalue weighted by Gasteiger charge is 2.20. The van der Waals surface area contributed by atoms with Crippen LogP contribution in [0.4, 0.5) is 5.69 Å². The smallest absolute Gasteiger partial charge is 0.260 e. The summed E-state index contributed by atoms with van der Waals surface area (Å²) in [6.07, 6.45) is 0. The second-order valence-electron chi connectivity index (χ2n) is 6.18. The van der Waals surface area contributed by atoms with Crippen LogP contribution in [0.5, 0.6) is 0 Å². The van der Waals surface area contributed by atoms with Gasteiger partial charge in [-0.05, 0) is 30.2 Å². The average Bonchev–Trinajstić information content (AvgIpc) is 2.99. The van der Waals surface area contributed by atoms with Gasteiger partial charge in [-0.1, -0.05) is 54.1 Å². The molecule has 0 saturated heterocycles. The highest BCUT2D eigenvalue weighted by Crippen LogP contribution is 2.41. The number of primary amides is 1. The van der Waals surface area contributed by atoms with Crippen molar-refractivity contribution < 1.29 is 4.79 Å². The Kier molecular flexibility index (Phi) is 3.93. The van der Waals surface area contributed by atoms with Gasteiger partial charge in [-0.25, -0.2) is 4.98 Å². The minimum absolute atomic E-state index is 0.353. The van der Waals surface area contributed by atoms with Gasteiger partial charge in [-0.3, -0.25) is 4.79 Å². The first-order valence-corrected chi connectivity index (χ1v) is 9.01. The Morgan fingerprint density at radius 3 is 2.42 bits per heavy atom. The van der Waals surface area contributed by atoms with Crippen LogP contribution in [0.2, 0.25) is 0 Å². The molecule has 5 heteroatoms. The molecule has 0 radical (unpaired) electrons. The highest BCUT2D eigenvalue weighted by atomic mass is 32.1. The fourth-order valence-electron chi connectivity index (χ4n) is 3.10. The molecular weight excluding hydrogens is 342 g/mol. The largest absolute Gasteiger partial charge is 0.397 e. The van der Waals surface area contributed by atoms with Crippen molar-refractivity contribution >= 4 is 33.1 Å². The molecule has 0 unspecified atom stereocenters. The zero-order valence-corrected chi connectivity index (χ0v) is 15.0. The molecule has 0 aliphatic rings. The summed E-state index contributed by atoms with van der Waals surface area (Å²) in [5, 5.41) is 0.784. The van der Waals surface area contributed by atoms with Crippen LogP contribution in [0, 0.1) is 6.92 Å². The lowest BCUT2D eigenvalue weighted by Gasteiger charge is -2.09. The van der Waals surface area contributed by atoms with Crippen LogP contribution in [-0.2, 0) is 0 Å². The van der Waals surface area contributed by atoms with Gasteiger partial charge < -0.3 is 11.5 Å². The lowest BCUT2D eigenvalue weighted by atomic mass is 9.99. The van der Waals surface area contributed by atoms with Crippen LogP contribution in [0.25, 0.3) is 32.6 Å². The molecule has 26 heavy (non-hydrogen) atoms. The van der Waals surface area contributed by atoms with E-state index in [1.807, 2.05) is 48.5 Å². The predicted octanol–water partition coefficient (Wildman–Crippen LogP) is 4.62. The molecule has 0 bridgehead atoms. The topological polar surface area (TPSA) is 82.0 Å². The molecule has 0 aliphatic carbocycles. The fraction of sp³-hybridized carbons (Fsp3) is 0.0476. The molecular formula is C21H17N3OS. The molecule has 2 aromatic carbocycles. The highest BCUT2D eigenvalue weighted by molar-refractivity contribution is 7.21. The number of hydrogen-bond donors (Lipinski definition) is 2. The lowest BCUT2D eigenvalue weighted by Crippen LogP contribution is -2.10. The number of rotatable bonds is 3. The van der Waals surface area contributed by atoms with Gasteiger partial charge in [-0.2, -0.15) is 0 Å². The average molecular weight is 359 g/mol. The van der Waals surface area contributed by atoms with Crippen molar-refractivity contribution in [2.45, 2.75) is 6.92 Å². The number of hydrogen-bond acceptors (Lipinski definition) is 4. The Hall–Kier alpha value is -3.18. The van der Waals surface area contributed by atoms with Crippen molar-refractivity contribution in [2.75, 3.05) is 5.73 Å². The van der Waals surface area contributed by atoms with E-state index >= 15 is 0 Å². The van der Waals surface area contributed by atoms with Gasteiger partial charge in [0.1, 0.15) is 9.71 Å². The summed E-state index contributed by atoms with van der Waals surface area (Å²) in [5.41, 5.74) is 17.2. The van der Waals surface area contributed by atoms with Gasteiger partial charge in [0.2, 0.25) is 0 Å². The zero-order chi connectivity index (χ0) is 18.3. The lowest BCUT2D eigenvalue weighted by molar-refractivity contribution is 0.100. The fourth-order valence-corrected chi connectivity index (χ4v) is 4.07. The molecule has 2 aromatic heterocycles. The van der Waals surface area contributed by atoms with Crippen LogP contribution in [-0.4, -0.2) is 10.9 Å². The van der Waals surface area contributed by atoms with E-state index < -0.39 is 5.91 Å². The van der Waals surface area contributed by atoms with E-state index in [0.717, 1.165) is 33.3 Å². The van der Waals surface area contributed by atoms with E-state index in [9.17, 15) is 4.79 Å². The third kappa shape index (κ3) is 2.72. The van der Waals surface area contributed by atoms with Crippen LogP contribution >= 0.6 is 11.3 Å². The van der Waals surface area contributed by atoms with Gasteiger partial charge in [0, 0.05) is 10.9 Å². The molecule has 4 N–H and O–H groups in total. The molecule has 4 nitrogen and oxygen atoms in total. The Morgan fingerprint density at radius 1 is 1.00 bits per heavy atom. The van der Waals surface area contributed by atoms with E-state index in [1.54, 1.807) is 0 Å². The number of fused-ring (bicyclic) bond motifs is 1. The number of carbonyl (C=O) groups is 1. The van der Waals surface area contributed by atoms with Crippen LogP contribution in [0.15, 0.2) is 60.7 Å². The van der Waals surface area contributed by atoms with E-state index in [1.165, 1.54) is 11.3 Å². The molecule has 2 heterocycles. The molecule has 0 aliphatic heterocycles. The maximum Gasteiger partial charge on any atom is 0.260 e. The van der Waals surface area contributed by atoms with Crippen molar-refractivity contribution in [1.82, 2.24) is 4.98 Å². The van der Waals surface area contributed by atoms with Crippen molar-refractivity contribution in [1.29, 1.82) is 0 Å².